The van der Waals surface area contributed by atoms with Crippen LogP contribution in [0.1, 0.15) is 0 Å². The highest BCUT2D eigenvalue weighted by Gasteiger charge is 2.11. The second-order valence-electron chi connectivity index (χ2n) is 6.66. The van der Waals surface area contributed by atoms with Gasteiger partial charge in [0.15, 0.2) is 0 Å². The second-order valence-corrected chi connectivity index (χ2v) is 6.66. The number of amides is 1. The van der Waals surface area contributed by atoms with Gasteiger partial charge in [0.1, 0.15) is 6.54 Å². The Morgan fingerprint density at radius 1 is 1.00 bits per heavy atom. The fraction of sp³-hybridized carbons (Fsp3) is 0.143. The largest absolute Gasteiger partial charge is 0.378 e. The van der Waals surface area contributed by atoms with Gasteiger partial charge in [0.05, 0.1) is 0 Å². The smallest absolute Gasteiger partial charge is 0.248 e. The summed E-state index contributed by atoms with van der Waals surface area (Å²) >= 11 is 0. The molecule has 4 aromatic rings. The van der Waals surface area contributed by atoms with Crippen LogP contribution in [0.4, 0.5) is 11.4 Å². The summed E-state index contributed by atoms with van der Waals surface area (Å²) in [5.74, 6) is 0.284. The number of aromatic nitrogens is 4. The third-order valence-corrected chi connectivity index (χ3v) is 4.44. The van der Waals surface area contributed by atoms with Crippen molar-refractivity contribution in [3.8, 4) is 11.4 Å². The normalized spacial score (nSPS) is 10.8. The van der Waals surface area contributed by atoms with E-state index in [1.807, 2.05) is 85.7 Å². The zero-order valence-electron chi connectivity index (χ0n) is 15.7. The van der Waals surface area contributed by atoms with Crippen LogP contribution in [0.15, 0.2) is 66.7 Å². The lowest BCUT2D eigenvalue weighted by molar-refractivity contribution is -0.117. The lowest BCUT2D eigenvalue weighted by Gasteiger charge is -2.11. The molecule has 0 radical (unpaired) electrons. The Morgan fingerprint density at radius 2 is 1.75 bits per heavy atom. The van der Waals surface area contributed by atoms with Crippen molar-refractivity contribution >= 4 is 28.1 Å². The first-order chi connectivity index (χ1) is 13.6. The Balaban J connectivity index is 1.47. The topological polar surface area (TPSA) is 75.9 Å². The summed E-state index contributed by atoms with van der Waals surface area (Å²) in [7, 11) is 3.97. The molecule has 1 N–H and O–H groups in total. The number of tetrazole rings is 1. The molecule has 0 unspecified atom stereocenters. The molecule has 0 atom stereocenters. The van der Waals surface area contributed by atoms with Crippen LogP contribution in [0.2, 0.25) is 0 Å². The van der Waals surface area contributed by atoms with Crippen LogP contribution in [-0.2, 0) is 11.3 Å². The zero-order valence-corrected chi connectivity index (χ0v) is 15.7. The standard InChI is InChI=1S/C21H20N6O/c1-26(2)17-12-10-16(11-13-17)21-23-25-27(24-21)14-20(28)22-19-9-5-7-15-6-3-4-8-18(15)19/h3-13H,14H2,1-2H3,(H,22,28). The number of hydrogen-bond donors (Lipinski definition) is 1. The first-order valence-electron chi connectivity index (χ1n) is 8.93. The van der Waals surface area contributed by atoms with Crippen molar-refractivity contribution in [3.63, 3.8) is 0 Å². The van der Waals surface area contributed by atoms with Crippen molar-refractivity contribution in [3.05, 3.63) is 66.7 Å². The molecule has 0 aliphatic rings. The molecule has 0 bridgehead atoms. The molecule has 0 saturated heterocycles. The lowest BCUT2D eigenvalue weighted by Crippen LogP contribution is -2.20. The highest BCUT2D eigenvalue weighted by atomic mass is 16.2. The minimum absolute atomic E-state index is 0.00793. The number of carbonyl (C=O) groups excluding carboxylic acids is 1. The molecule has 140 valence electrons. The summed E-state index contributed by atoms with van der Waals surface area (Å²) < 4.78 is 0. The number of carbonyl (C=O) groups is 1. The zero-order chi connectivity index (χ0) is 19.5. The second kappa shape index (κ2) is 7.48. The summed E-state index contributed by atoms with van der Waals surface area (Å²) in [4.78, 5) is 15.8. The van der Waals surface area contributed by atoms with Crippen LogP contribution < -0.4 is 10.2 Å². The van der Waals surface area contributed by atoms with Gasteiger partial charge in [-0.2, -0.15) is 4.80 Å². The summed E-state index contributed by atoms with van der Waals surface area (Å²) in [6, 6.07) is 21.6. The van der Waals surface area contributed by atoms with Gasteiger partial charge in [-0.05, 0) is 40.9 Å². The average molecular weight is 372 g/mol. The SMILES string of the molecule is CN(C)c1ccc(-c2nnn(CC(=O)Nc3cccc4ccccc34)n2)cc1. The minimum Gasteiger partial charge on any atom is -0.378 e. The summed E-state index contributed by atoms with van der Waals surface area (Å²) in [5, 5.41) is 17.4. The molecule has 7 nitrogen and oxygen atoms in total. The molecule has 0 spiro atoms. The Hall–Kier alpha value is -3.74. The van der Waals surface area contributed by atoms with Gasteiger partial charge in [0.2, 0.25) is 11.7 Å². The number of benzene rings is 3. The van der Waals surface area contributed by atoms with Crippen molar-refractivity contribution in [1.82, 2.24) is 20.2 Å². The van der Waals surface area contributed by atoms with Gasteiger partial charge in [-0.1, -0.05) is 36.4 Å². The van der Waals surface area contributed by atoms with E-state index in [0.29, 0.717) is 5.82 Å². The molecule has 1 heterocycles. The molecule has 3 aromatic carbocycles. The maximum absolute atomic E-state index is 12.4. The first-order valence-corrected chi connectivity index (χ1v) is 8.93. The Kier molecular flexibility index (Phi) is 4.72. The Morgan fingerprint density at radius 3 is 2.54 bits per heavy atom. The van der Waals surface area contributed by atoms with E-state index in [9.17, 15) is 4.79 Å². The highest BCUT2D eigenvalue weighted by Crippen LogP contribution is 2.23. The molecule has 7 heteroatoms. The third-order valence-electron chi connectivity index (χ3n) is 4.44. The van der Waals surface area contributed by atoms with E-state index in [4.69, 9.17) is 0 Å². The molecule has 0 aliphatic heterocycles. The molecule has 1 amide bonds. The van der Waals surface area contributed by atoms with Gasteiger partial charge in [0.25, 0.3) is 0 Å². The van der Waals surface area contributed by atoms with E-state index in [-0.39, 0.29) is 12.5 Å². The Labute approximate surface area is 162 Å². The highest BCUT2D eigenvalue weighted by molar-refractivity contribution is 6.01. The van der Waals surface area contributed by atoms with Crippen molar-refractivity contribution in [2.45, 2.75) is 6.54 Å². The van der Waals surface area contributed by atoms with E-state index >= 15 is 0 Å². The van der Waals surface area contributed by atoms with E-state index in [1.54, 1.807) is 0 Å². The average Bonchev–Trinajstić information content (AvgIpc) is 3.16. The predicted molar refractivity (Wildman–Crippen MR) is 110 cm³/mol. The fourth-order valence-electron chi connectivity index (χ4n) is 2.99. The number of hydrogen-bond acceptors (Lipinski definition) is 5. The van der Waals surface area contributed by atoms with Crippen LogP contribution in [0.3, 0.4) is 0 Å². The van der Waals surface area contributed by atoms with Crippen molar-refractivity contribution in [2.24, 2.45) is 0 Å². The predicted octanol–water partition coefficient (Wildman–Crippen LogP) is 3.20. The van der Waals surface area contributed by atoms with Gasteiger partial charge >= 0.3 is 0 Å². The molecule has 1 aromatic heterocycles. The molecular weight excluding hydrogens is 352 g/mol. The van der Waals surface area contributed by atoms with E-state index in [2.05, 4.69) is 20.7 Å². The number of nitrogens with zero attached hydrogens (tertiary/aromatic N) is 5. The monoisotopic (exact) mass is 372 g/mol. The van der Waals surface area contributed by atoms with Gasteiger partial charge < -0.3 is 10.2 Å². The lowest BCUT2D eigenvalue weighted by atomic mass is 10.1. The van der Waals surface area contributed by atoms with Crippen LogP contribution in [0.5, 0.6) is 0 Å². The van der Waals surface area contributed by atoms with Crippen LogP contribution >= 0.6 is 0 Å². The minimum atomic E-state index is -0.205. The van der Waals surface area contributed by atoms with Crippen LogP contribution in [-0.4, -0.2) is 40.2 Å². The number of nitrogens with one attached hydrogen (secondary N) is 1. The molecular formula is C21H20N6O. The summed E-state index contributed by atoms with van der Waals surface area (Å²) in [5.41, 5.74) is 2.71. The number of fused-ring (bicyclic) bond motifs is 1. The number of rotatable bonds is 5. The molecule has 4 rings (SSSR count). The van der Waals surface area contributed by atoms with Crippen LogP contribution in [0.25, 0.3) is 22.2 Å². The van der Waals surface area contributed by atoms with E-state index in [0.717, 1.165) is 27.7 Å². The fourth-order valence-corrected chi connectivity index (χ4v) is 2.99. The summed E-state index contributed by atoms with van der Waals surface area (Å²) in [6.45, 7) is -0.00793. The first kappa shape index (κ1) is 17.7. The molecule has 0 saturated carbocycles. The quantitative estimate of drug-likeness (QED) is 0.582. The molecule has 0 aliphatic carbocycles. The Bertz CT molecular complexity index is 1110. The molecule has 28 heavy (non-hydrogen) atoms. The molecule has 0 fully saturated rings. The maximum atomic E-state index is 12.4. The summed E-state index contributed by atoms with van der Waals surface area (Å²) in [6.07, 6.45) is 0. The number of anilines is 2. The van der Waals surface area contributed by atoms with Gasteiger partial charge in [0, 0.05) is 36.4 Å². The van der Waals surface area contributed by atoms with Crippen LogP contribution in [0, 0.1) is 0 Å². The third kappa shape index (κ3) is 3.68. The van der Waals surface area contributed by atoms with E-state index in [1.165, 1.54) is 4.80 Å². The van der Waals surface area contributed by atoms with Gasteiger partial charge in [-0.25, -0.2) is 0 Å². The van der Waals surface area contributed by atoms with E-state index < -0.39 is 0 Å². The van der Waals surface area contributed by atoms with Crippen molar-refractivity contribution in [1.29, 1.82) is 0 Å². The van der Waals surface area contributed by atoms with Gasteiger partial charge in [-0.3, -0.25) is 4.79 Å². The van der Waals surface area contributed by atoms with Crippen molar-refractivity contribution in [2.75, 3.05) is 24.3 Å². The van der Waals surface area contributed by atoms with Gasteiger partial charge in [-0.15, -0.1) is 10.2 Å². The van der Waals surface area contributed by atoms with Crippen molar-refractivity contribution < 1.29 is 4.79 Å². The maximum Gasteiger partial charge on any atom is 0.248 e.